The van der Waals surface area contributed by atoms with Gasteiger partial charge in [-0.25, -0.2) is 4.39 Å². The number of rotatable bonds is 4. The second kappa shape index (κ2) is 6.26. The zero-order valence-corrected chi connectivity index (χ0v) is 12.3. The van der Waals surface area contributed by atoms with Crippen LogP contribution in [-0.2, 0) is 10.2 Å². The van der Waals surface area contributed by atoms with Crippen LogP contribution in [0.25, 0.3) is 0 Å². The van der Waals surface area contributed by atoms with Gasteiger partial charge in [0.2, 0.25) is 0 Å². The van der Waals surface area contributed by atoms with Crippen molar-refractivity contribution in [3.63, 3.8) is 0 Å². The molecular weight excluding hydrogens is 307 g/mol. The Kier molecular flexibility index (Phi) is 4.85. The Hall–Kier alpha value is -0.890. The number of hydrogen-bond acceptors (Lipinski definition) is 3. The first-order chi connectivity index (χ1) is 9.42. The van der Waals surface area contributed by atoms with Crippen molar-refractivity contribution in [2.24, 2.45) is 5.92 Å². The first-order valence-electron chi connectivity index (χ1n) is 6.26. The lowest BCUT2D eigenvalue weighted by atomic mass is 10.0. The number of benzene rings is 1. The second-order valence-electron chi connectivity index (χ2n) is 4.78. The monoisotopic (exact) mass is 322 g/mol. The fourth-order valence-electron chi connectivity index (χ4n) is 2.17. The molecule has 8 heteroatoms. The molecule has 0 bridgehead atoms. The molecule has 0 aliphatic carbocycles. The Balaban J connectivity index is 2.16. The summed E-state index contributed by atoms with van der Waals surface area (Å²) >= 11 is 5.85. The van der Waals surface area contributed by atoms with Crippen molar-refractivity contribution in [2.45, 2.75) is 12.8 Å². The van der Waals surface area contributed by atoms with E-state index in [-0.39, 0.29) is 29.8 Å². The van der Waals surface area contributed by atoms with Gasteiger partial charge < -0.3 is 5.11 Å². The highest BCUT2D eigenvalue weighted by Crippen LogP contribution is 2.26. The molecule has 20 heavy (non-hydrogen) atoms. The fraction of sp³-hybridized carbons (Fsp3) is 0.500. The van der Waals surface area contributed by atoms with E-state index in [0.717, 1.165) is 18.6 Å². The molecule has 1 atom stereocenters. The highest BCUT2D eigenvalue weighted by Gasteiger charge is 2.29. The Labute approximate surface area is 122 Å². The molecule has 0 aromatic heterocycles. The maximum absolute atomic E-state index is 13.1. The van der Waals surface area contributed by atoms with Crippen LogP contribution in [0, 0.1) is 11.7 Å². The van der Waals surface area contributed by atoms with Crippen molar-refractivity contribution in [3.8, 4) is 0 Å². The van der Waals surface area contributed by atoms with Crippen molar-refractivity contribution in [1.82, 2.24) is 4.31 Å². The van der Waals surface area contributed by atoms with Gasteiger partial charge in [-0.15, -0.1) is 0 Å². The van der Waals surface area contributed by atoms with Crippen LogP contribution < -0.4 is 4.72 Å². The van der Waals surface area contributed by atoms with Crippen LogP contribution in [0.1, 0.15) is 12.8 Å². The van der Waals surface area contributed by atoms with E-state index in [0.29, 0.717) is 13.0 Å². The number of aliphatic hydroxyl groups is 1. The predicted octanol–water partition coefficient (Wildman–Crippen LogP) is 1.84. The van der Waals surface area contributed by atoms with Gasteiger partial charge in [0.1, 0.15) is 5.82 Å². The van der Waals surface area contributed by atoms with Gasteiger partial charge >= 0.3 is 10.2 Å². The normalized spacial score (nSPS) is 20.9. The Morgan fingerprint density at radius 2 is 2.25 bits per heavy atom. The minimum Gasteiger partial charge on any atom is -0.396 e. The molecule has 2 rings (SSSR count). The molecular formula is C12H16ClFN2O3S. The molecule has 0 radical (unpaired) electrons. The van der Waals surface area contributed by atoms with E-state index in [1.165, 1.54) is 10.4 Å². The molecule has 0 saturated carbocycles. The molecule has 1 saturated heterocycles. The van der Waals surface area contributed by atoms with E-state index in [9.17, 15) is 12.8 Å². The van der Waals surface area contributed by atoms with Gasteiger partial charge in [0.25, 0.3) is 0 Å². The summed E-state index contributed by atoms with van der Waals surface area (Å²) in [5.74, 6) is -0.637. The van der Waals surface area contributed by atoms with Crippen LogP contribution in [0.3, 0.4) is 0 Å². The average Bonchev–Trinajstić information content (AvgIpc) is 2.43. The minimum atomic E-state index is -3.80. The Morgan fingerprint density at radius 3 is 2.95 bits per heavy atom. The van der Waals surface area contributed by atoms with Crippen molar-refractivity contribution >= 4 is 27.5 Å². The summed E-state index contributed by atoms with van der Waals surface area (Å²) in [5, 5.41) is 9.26. The molecule has 1 unspecified atom stereocenters. The lowest BCUT2D eigenvalue weighted by Crippen LogP contribution is -2.43. The molecule has 0 amide bonds. The highest BCUT2D eigenvalue weighted by molar-refractivity contribution is 7.90. The summed E-state index contributed by atoms with van der Waals surface area (Å²) < 4.78 is 41.1. The average molecular weight is 323 g/mol. The van der Waals surface area contributed by atoms with E-state index in [2.05, 4.69) is 4.72 Å². The van der Waals surface area contributed by atoms with Crippen LogP contribution in [0.2, 0.25) is 5.02 Å². The molecule has 5 nitrogen and oxygen atoms in total. The molecule has 0 spiro atoms. The number of halogens is 2. The van der Waals surface area contributed by atoms with Gasteiger partial charge in [-0.1, -0.05) is 11.6 Å². The summed E-state index contributed by atoms with van der Waals surface area (Å²) in [6.45, 7) is 0.574. The number of hydrogen-bond donors (Lipinski definition) is 2. The topological polar surface area (TPSA) is 69.6 Å². The van der Waals surface area contributed by atoms with Gasteiger partial charge in [-0.05, 0) is 37.0 Å². The summed E-state index contributed by atoms with van der Waals surface area (Å²) in [6.07, 6.45) is 1.48. The first-order valence-corrected chi connectivity index (χ1v) is 8.08. The van der Waals surface area contributed by atoms with Crippen molar-refractivity contribution in [1.29, 1.82) is 0 Å². The SMILES string of the molecule is O=S(=O)(Nc1cc(F)ccc1Cl)N1CCCC(CO)C1. The zero-order chi connectivity index (χ0) is 14.8. The summed E-state index contributed by atoms with van der Waals surface area (Å²) in [5.41, 5.74) is 0.0118. The Morgan fingerprint density at radius 1 is 1.50 bits per heavy atom. The third-order valence-electron chi connectivity index (χ3n) is 3.25. The minimum absolute atomic E-state index is 0.0118. The van der Waals surface area contributed by atoms with Crippen molar-refractivity contribution < 1.29 is 17.9 Å². The maximum Gasteiger partial charge on any atom is 0.301 e. The van der Waals surface area contributed by atoms with Crippen LogP contribution in [0.5, 0.6) is 0 Å². The van der Waals surface area contributed by atoms with E-state index >= 15 is 0 Å². The summed E-state index contributed by atoms with van der Waals surface area (Å²) in [6, 6.07) is 3.48. The molecule has 1 fully saturated rings. The molecule has 1 heterocycles. The van der Waals surface area contributed by atoms with Gasteiger partial charge in [-0.2, -0.15) is 12.7 Å². The van der Waals surface area contributed by atoms with Gasteiger partial charge in [0.15, 0.2) is 0 Å². The summed E-state index contributed by atoms with van der Waals surface area (Å²) in [4.78, 5) is 0. The second-order valence-corrected chi connectivity index (χ2v) is 6.86. The molecule has 2 N–H and O–H groups in total. The standard InChI is InChI=1S/C12H16ClFN2O3S/c13-11-4-3-10(14)6-12(11)15-20(18,19)16-5-1-2-9(7-16)8-17/h3-4,6,9,15,17H,1-2,5,7-8H2. The van der Waals surface area contributed by atoms with Gasteiger partial charge in [-0.3, -0.25) is 4.72 Å². The van der Waals surface area contributed by atoms with Crippen LogP contribution in [-0.4, -0.2) is 37.5 Å². The van der Waals surface area contributed by atoms with Crippen LogP contribution in [0.4, 0.5) is 10.1 Å². The van der Waals surface area contributed by atoms with E-state index < -0.39 is 16.0 Å². The van der Waals surface area contributed by atoms with Crippen molar-refractivity contribution in [2.75, 3.05) is 24.4 Å². The number of aliphatic hydroxyl groups excluding tert-OH is 1. The van der Waals surface area contributed by atoms with E-state index in [1.807, 2.05) is 0 Å². The van der Waals surface area contributed by atoms with Crippen LogP contribution in [0.15, 0.2) is 18.2 Å². The molecule has 1 aliphatic rings. The molecule has 1 aliphatic heterocycles. The first kappa shape index (κ1) is 15.5. The number of anilines is 1. The lowest BCUT2D eigenvalue weighted by Gasteiger charge is -2.31. The molecule has 1 aromatic rings. The lowest BCUT2D eigenvalue weighted by molar-refractivity contribution is 0.166. The zero-order valence-electron chi connectivity index (χ0n) is 10.7. The van der Waals surface area contributed by atoms with Crippen LogP contribution >= 0.6 is 11.6 Å². The highest BCUT2D eigenvalue weighted by atomic mass is 35.5. The largest absolute Gasteiger partial charge is 0.396 e. The molecule has 1 aromatic carbocycles. The number of nitrogens with one attached hydrogen (secondary N) is 1. The van der Waals surface area contributed by atoms with E-state index in [4.69, 9.17) is 16.7 Å². The predicted molar refractivity (Wildman–Crippen MR) is 75.3 cm³/mol. The maximum atomic E-state index is 13.1. The van der Waals surface area contributed by atoms with E-state index in [1.54, 1.807) is 0 Å². The fourth-order valence-corrected chi connectivity index (χ4v) is 3.75. The Bertz CT molecular complexity index is 582. The molecule has 112 valence electrons. The quantitative estimate of drug-likeness (QED) is 0.888. The van der Waals surface area contributed by atoms with Crippen molar-refractivity contribution in [3.05, 3.63) is 29.0 Å². The summed E-state index contributed by atoms with van der Waals surface area (Å²) in [7, 11) is -3.80. The third-order valence-corrected chi connectivity index (χ3v) is 5.07. The number of nitrogens with zero attached hydrogens (tertiary/aromatic N) is 1. The van der Waals surface area contributed by atoms with Gasteiger partial charge in [0.05, 0.1) is 10.7 Å². The van der Waals surface area contributed by atoms with Gasteiger partial charge in [0, 0.05) is 19.7 Å². The number of piperidine rings is 1. The third kappa shape index (κ3) is 3.60. The smallest absolute Gasteiger partial charge is 0.301 e.